The second-order valence-electron chi connectivity index (χ2n) is 5.89. The number of nitrogens with one attached hydrogen (secondary N) is 1. The van der Waals surface area contributed by atoms with Crippen LogP contribution in [0.1, 0.15) is 35.1 Å². The number of aryl methyl sites for hydroxylation is 2. The van der Waals surface area contributed by atoms with Gasteiger partial charge in [0, 0.05) is 19.5 Å². The van der Waals surface area contributed by atoms with Gasteiger partial charge in [0.1, 0.15) is 0 Å². The van der Waals surface area contributed by atoms with Gasteiger partial charge in [0.25, 0.3) is 0 Å². The van der Waals surface area contributed by atoms with Crippen molar-refractivity contribution in [2.75, 3.05) is 6.54 Å². The lowest BCUT2D eigenvalue weighted by atomic mass is 9.92. The second-order valence-corrected chi connectivity index (χ2v) is 5.89. The molecule has 0 bridgehead atoms. The monoisotopic (exact) mass is 272 g/mol. The summed E-state index contributed by atoms with van der Waals surface area (Å²) in [7, 11) is 0. The third-order valence-corrected chi connectivity index (χ3v) is 4.51. The standard InChI is InChI=1S/C16H20N2O2/c1-10-7-12-5-6-18(9-13(12)8-11(10)2)14-3-4-15(19)17-16(14)20/h7-8,14H,3-6,9H2,1-2H3,(H,17,19,20). The van der Waals surface area contributed by atoms with E-state index in [-0.39, 0.29) is 17.9 Å². The topological polar surface area (TPSA) is 49.4 Å². The molecule has 3 rings (SSSR count). The van der Waals surface area contributed by atoms with Crippen LogP contribution in [0.4, 0.5) is 0 Å². The Morgan fingerprint density at radius 1 is 1.10 bits per heavy atom. The lowest BCUT2D eigenvalue weighted by Crippen LogP contribution is -2.53. The first-order chi connectivity index (χ1) is 9.54. The lowest BCUT2D eigenvalue weighted by molar-refractivity contribution is -0.137. The van der Waals surface area contributed by atoms with E-state index in [9.17, 15) is 9.59 Å². The highest BCUT2D eigenvalue weighted by Gasteiger charge is 2.33. The number of hydrogen-bond acceptors (Lipinski definition) is 3. The van der Waals surface area contributed by atoms with E-state index < -0.39 is 0 Å². The number of rotatable bonds is 1. The number of fused-ring (bicyclic) bond motifs is 1. The van der Waals surface area contributed by atoms with Crippen LogP contribution in [0.25, 0.3) is 0 Å². The van der Waals surface area contributed by atoms with Gasteiger partial charge in [0.15, 0.2) is 0 Å². The molecule has 1 saturated heterocycles. The molecule has 106 valence electrons. The summed E-state index contributed by atoms with van der Waals surface area (Å²) in [6.45, 7) is 5.97. The maximum Gasteiger partial charge on any atom is 0.243 e. The largest absolute Gasteiger partial charge is 0.295 e. The van der Waals surface area contributed by atoms with Crippen LogP contribution in [0.15, 0.2) is 12.1 Å². The molecule has 0 radical (unpaired) electrons. The zero-order valence-corrected chi connectivity index (χ0v) is 12.0. The van der Waals surface area contributed by atoms with Crippen LogP contribution < -0.4 is 5.32 Å². The van der Waals surface area contributed by atoms with Crippen molar-refractivity contribution < 1.29 is 9.59 Å². The summed E-state index contributed by atoms with van der Waals surface area (Å²) in [6, 6.07) is 4.36. The number of amides is 2. The van der Waals surface area contributed by atoms with Gasteiger partial charge in [-0.25, -0.2) is 0 Å². The Hall–Kier alpha value is -1.68. The fourth-order valence-corrected chi connectivity index (χ4v) is 3.17. The van der Waals surface area contributed by atoms with E-state index in [0.717, 1.165) is 19.5 Å². The molecule has 0 spiro atoms. The summed E-state index contributed by atoms with van der Waals surface area (Å²) in [5, 5.41) is 2.45. The predicted octanol–water partition coefficient (Wildman–Crippen LogP) is 1.47. The first kappa shape index (κ1) is 13.3. The fraction of sp³-hybridized carbons (Fsp3) is 0.500. The zero-order chi connectivity index (χ0) is 14.3. The number of benzene rings is 1. The van der Waals surface area contributed by atoms with Gasteiger partial charge in [-0.1, -0.05) is 12.1 Å². The van der Waals surface area contributed by atoms with E-state index in [1.54, 1.807) is 0 Å². The highest BCUT2D eigenvalue weighted by Crippen LogP contribution is 2.25. The average Bonchev–Trinajstić information content (AvgIpc) is 2.40. The van der Waals surface area contributed by atoms with Crippen molar-refractivity contribution in [3.8, 4) is 0 Å². The average molecular weight is 272 g/mol. The van der Waals surface area contributed by atoms with Gasteiger partial charge in [-0.3, -0.25) is 19.8 Å². The van der Waals surface area contributed by atoms with Gasteiger partial charge in [0.05, 0.1) is 6.04 Å². The molecule has 0 aromatic heterocycles. The lowest BCUT2D eigenvalue weighted by Gasteiger charge is -2.36. The number of hydrogen-bond donors (Lipinski definition) is 1. The molecule has 20 heavy (non-hydrogen) atoms. The SMILES string of the molecule is Cc1cc2c(cc1C)CN(C1CCC(=O)NC1=O)CC2. The van der Waals surface area contributed by atoms with Gasteiger partial charge in [-0.2, -0.15) is 0 Å². The zero-order valence-electron chi connectivity index (χ0n) is 12.0. The Morgan fingerprint density at radius 3 is 2.50 bits per heavy atom. The molecule has 2 aliphatic heterocycles. The molecule has 2 amide bonds. The smallest absolute Gasteiger partial charge is 0.243 e. The van der Waals surface area contributed by atoms with Crippen molar-refractivity contribution in [3.63, 3.8) is 0 Å². The number of nitrogens with zero attached hydrogens (tertiary/aromatic N) is 1. The van der Waals surface area contributed by atoms with Crippen molar-refractivity contribution >= 4 is 11.8 Å². The van der Waals surface area contributed by atoms with Crippen LogP contribution in [-0.4, -0.2) is 29.3 Å². The van der Waals surface area contributed by atoms with Gasteiger partial charge in [0.2, 0.25) is 11.8 Å². The van der Waals surface area contributed by atoms with Crippen LogP contribution in [-0.2, 0) is 22.6 Å². The summed E-state index contributed by atoms with van der Waals surface area (Å²) in [4.78, 5) is 25.4. The summed E-state index contributed by atoms with van der Waals surface area (Å²) in [6.07, 6.45) is 2.08. The van der Waals surface area contributed by atoms with E-state index in [1.165, 1.54) is 22.3 Å². The second kappa shape index (κ2) is 5.02. The van der Waals surface area contributed by atoms with Crippen LogP contribution in [0, 0.1) is 13.8 Å². The molecule has 0 aliphatic carbocycles. The highest BCUT2D eigenvalue weighted by atomic mass is 16.2. The van der Waals surface area contributed by atoms with Crippen LogP contribution >= 0.6 is 0 Å². The maximum atomic E-state index is 12.0. The Labute approximate surface area is 119 Å². The first-order valence-electron chi connectivity index (χ1n) is 7.21. The van der Waals surface area contributed by atoms with Crippen molar-refractivity contribution in [3.05, 3.63) is 34.4 Å². The number of carbonyl (C=O) groups excluding carboxylic acids is 2. The summed E-state index contributed by atoms with van der Waals surface area (Å²) < 4.78 is 0. The normalized spacial score (nSPS) is 23.4. The molecule has 2 aliphatic rings. The van der Waals surface area contributed by atoms with E-state index in [2.05, 4.69) is 36.2 Å². The first-order valence-corrected chi connectivity index (χ1v) is 7.21. The van der Waals surface area contributed by atoms with Gasteiger partial charge < -0.3 is 0 Å². The van der Waals surface area contributed by atoms with E-state index >= 15 is 0 Å². The maximum absolute atomic E-state index is 12.0. The van der Waals surface area contributed by atoms with Gasteiger partial charge in [-0.05, 0) is 48.9 Å². The Morgan fingerprint density at radius 2 is 1.80 bits per heavy atom. The Bertz CT molecular complexity index is 580. The molecule has 1 aromatic rings. The van der Waals surface area contributed by atoms with Crippen LogP contribution in [0.3, 0.4) is 0 Å². The molecule has 1 fully saturated rings. The molecule has 4 heteroatoms. The number of piperidine rings is 1. The van der Waals surface area contributed by atoms with E-state index in [1.807, 2.05) is 0 Å². The third kappa shape index (κ3) is 2.36. The van der Waals surface area contributed by atoms with Crippen molar-refractivity contribution in [2.45, 2.75) is 45.7 Å². The molecular weight excluding hydrogens is 252 g/mol. The number of carbonyl (C=O) groups is 2. The summed E-state index contributed by atoms with van der Waals surface area (Å²) in [5.41, 5.74) is 5.35. The van der Waals surface area contributed by atoms with E-state index in [4.69, 9.17) is 0 Å². The van der Waals surface area contributed by atoms with Crippen LogP contribution in [0.5, 0.6) is 0 Å². The van der Waals surface area contributed by atoms with Gasteiger partial charge in [-0.15, -0.1) is 0 Å². The Balaban J connectivity index is 1.80. The minimum atomic E-state index is -0.151. The fourth-order valence-electron chi connectivity index (χ4n) is 3.17. The minimum Gasteiger partial charge on any atom is -0.295 e. The molecule has 2 heterocycles. The summed E-state index contributed by atoms with van der Waals surface area (Å²) >= 11 is 0. The molecule has 1 N–H and O–H groups in total. The third-order valence-electron chi connectivity index (χ3n) is 4.51. The highest BCUT2D eigenvalue weighted by molar-refractivity contribution is 6.00. The van der Waals surface area contributed by atoms with Crippen LogP contribution in [0.2, 0.25) is 0 Å². The summed E-state index contributed by atoms with van der Waals surface area (Å²) in [5.74, 6) is -0.274. The molecular formula is C16H20N2O2. The molecule has 1 aromatic carbocycles. The number of imide groups is 1. The van der Waals surface area contributed by atoms with E-state index in [0.29, 0.717) is 12.8 Å². The van der Waals surface area contributed by atoms with Crippen molar-refractivity contribution in [1.82, 2.24) is 10.2 Å². The van der Waals surface area contributed by atoms with Crippen molar-refractivity contribution in [2.24, 2.45) is 0 Å². The Kier molecular flexibility index (Phi) is 3.34. The predicted molar refractivity (Wildman–Crippen MR) is 76.2 cm³/mol. The van der Waals surface area contributed by atoms with Crippen molar-refractivity contribution in [1.29, 1.82) is 0 Å². The molecule has 1 atom stereocenters. The quantitative estimate of drug-likeness (QED) is 0.788. The molecule has 0 saturated carbocycles. The minimum absolute atomic E-state index is 0.131. The molecule has 4 nitrogen and oxygen atoms in total. The van der Waals surface area contributed by atoms with Gasteiger partial charge >= 0.3 is 0 Å². The molecule has 1 unspecified atom stereocenters.